The summed E-state index contributed by atoms with van der Waals surface area (Å²) in [6, 6.07) is 3.12. The summed E-state index contributed by atoms with van der Waals surface area (Å²) in [7, 11) is -1.22. The van der Waals surface area contributed by atoms with Crippen molar-refractivity contribution in [1.82, 2.24) is 0 Å². The molecule has 2 nitrogen and oxygen atoms in total. The number of benzene rings is 1. The highest BCUT2D eigenvalue weighted by Gasteiger charge is 2.07. The maximum absolute atomic E-state index is 13.0. The topological polar surface area (TPSA) is 43.1 Å². The Labute approximate surface area is 83.6 Å². The summed E-state index contributed by atoms with van der Waals surface area (Å²) in [6.07, 6.45) is 0. The standard InChI is InChI=1S/C9H11F2NOS/c10-8-1-2-9(11)7(5-8)6-14(13)4-3-12/h1-2,5H,3-4,6,12H2. The summed E-state index contributed by atoms with van der Waals surface area (Å²) in [4.78, 5) is 0. The third-order valence-corrected chi connectivity index (χ3v) is 2.99. The van der Waals surface area contributed by atoms with Crippen molar-refractivity contribution >= 4 is 10.8 Å². The molecule has 1 atom stereocenters. The Morgan fingerprint density at radius 1 is 1.36 bits per heavy atom. The highest BCUT2D eigenvalue weighted by atomic mass is 32.2. The second-order valence-electron chi connectivity index (χ2n) is 2.81. The van der Waals surface area contributed by atoms with E-state index in [2.05, 4.69) is 0 Å². The molecule has 0 aliphatic rings. The summed E-state index contributed by atoms with van der Waals surface area (Å²) in [6.45, 7) is 0.281. The van der Waals surface area contributed by atoms with Crippen molar-refractivity contribution in [3.63, 3.8) is 0 Å². The quantitative estimate of drug-likeness (QED) is 0.826. The van der Waals surface area contributed by atoms with Crippen molar-refractivity contribution in [2.24, 2.45) is 5.73 Å². The molecule has 2 N–H and O–H groups in total. The molecule has 0 radical (unpaired) electrons. The zero-order valence-corrected chi connectivity index (χ0v) is 8.32. The molecule has 1 aromatic carbocycles. The Morgan fingerprint density at radius 2 is 2.07 bits per heavy atom. The van der Waals surface area contributed by atoms with E-state index in [0.717, 1.165) is 18.2 Å². The number of hydrogen-bond donors (Lipinski definition) is 1. The highest BCUT2D eigenvalue weighted by Crippen LogP contribution is 2.11. The summed E-state index contributed by atoms with van der Waals surface area (Å²) < 4.78 is 36.9. The van der Waals surface area contributed by atoms with Gasteiger partial charge in [-0.05, 0) is 18.2 Å². The van der Waals surface area contributed by atoms with Crippen LogP contribution < -0.4 is 5.73 Å². The van der Waals surface area contributed by atoms with Gasteiger partial charge in [0.15, 0.2) is 0 Å². The van der Waals surface area contributed by atoms with Gasteiger partial charge in [0.1, 0.15) is 11.6 Å². The summed E-state index contributed by atoms with van der Waals surface area (Å²) in [5.74, 6) is -0.737. The number of halogens is 2. The van der Waals surface area contributed by atoms with Crippen molar-refractivity contribution in [1.29, 1.82) is 0 Å². The van der Waals surface area contributed by atoms with E-state index >= 15 is 0 Å². The minimum absolute atomic E-state index is 0.0147. The predicted molar refractivity (Wildman–Crippen MR) is 52.1 cm³/mol. The normalized spacial score (nSPS) is 12.8. The fourth-order valence-electron chi connectivity index (χ4n) is 1.03. The first-order valence-corrected chi connectivity index (χ1v) is 5.61. The third kappa shape index (κ3) is 3.16. The minimum atomic E-state index is -1.22. The molecular formula is C9H11F2NOS. The fourth-order valence-corrected chi connectivity index (χ4v) is 2.01. The molecule has 0 spiro atoms. The van der Waals surface area contributed by atoms with Crippen molar-refractivity contribution in [2.45, 2.75) is 5.75 Å². The molecule has 0 aliphatic heterocycles. The van der Waals surface area contributed by atoms with Gasteiger partial charge in [0.05, 0.1) is 5.75 Å². The lowest BCUT2D eigenvalue weighted by atomic mass is 10.2. The molecular weight excluding hydrogens is 208 g/mol. The van der Waals surface area contributed by atoms with E-state index in [4.69, 9.17) is 5.73 Å². The van der Waals surface area contributed by atoms with Crippen LogP contribution in [-0.2, 0) is 16.6 Å². The van der Waals surface area contributed by atoms with Gasteiger partial charge >= 0.3 is 0 Å². The molecule has 78 valence electrons. The molecule has 5 heteroatoms. The van der Waals surface area contributed by atoms with Crippen LogP contribution in [0, 0.1) is 11.6 Å². The summed E-state index contributed by atoms with van der Waals surface area (Å²) in [5, 5.41) is 0. The molecule has 0 aliphatic carbocycles. The van der Waals surface area contributed by atoms with Gasteiger partial charge in [0.2, 0.25) is 0 Å². The van der Waals surface area contributed by atoms with Gasteiger partial charge in [-0.1, -0.05) is 0 Å². The van der Waals surface area contributed by atoms with E-state index in [9.17, 15) is 13.0 Å². The van der Waals surface area contributed by atoms with Crippen molar-refractivity contribution < 1.29 is 13.0 Å². The average Bonchev–Trinajstić information content (AvgIpc) is 2.12. The lowest BCUT2D eigenvalue weighted by molar-refractivity contribution is 0.590. The van der Waals surface area contributed by atoms with Crippen LogP contribution >= 0.6 is 0 Å². The number of hydrogen-bond acceptors (Lipinski definition) is 2. The fraction of sp³-hybridized carbons (Fsp3) is 0.333. The van der Waals surface area contributed by atoms with Crippen molar-refractivity contribution in [2.75, 3.05) is 12.3 Å². The zero-order chi connectivity index (χ0) is 10.6. The highest BCUT2D eigenvalue weighted by molar-refractivity contribution is 7.84. The monoisotopic (exact) mass is 219 g/mol. The van der Waals surface area contributed by atoms with E-state index in [1.165, 1.54) is 0 Å². The van der Waals surface area contributed by atoms with E-state index in [1.54, 1.807) is 0 Å². The van der Waals surface area contributed by atoms with Gasteiger partial charge in [-0.25, -0.2) is 8.78 Å². The Balaban J connectivity index is 2.75. The molecule has 0 saturated carbocycles. The predicted octanol–water partition coefficient (Wildman–Crippen LogP) is 1.17. The maximum Gasteiger partial charge on any atom is 0.127 e. The molecule has 14 heavy (non-hydrogen) atoms. The molecule has 0 fully saturated rings. The van der Waals surface area contributed by atoms with Gasteiger partial charge in [0, 0.05) is 28.7 Å². The van der Waals surface area contributed by atoms with Gasteiger partial charge < -0.3 is 5.73 Å². The first kappa shape index (κ1) is 11.3. The summed E-state index contributed by atoms with van der Waals surface area (Å²) >= 11 is 0. The molecule has 1 rings (SSSR count). The van der Waals surface area contributed by atoms with Crippen molar-refractivity contribution in [3.8, 4) is 0 Å². The third-order valence-electron chi connectivity index (χ3n) is 1.67. The SMILES string of the molecule is NCCS(=O)Cc1cc(F)ccc1F. The molecule has 0 heterocycles. The van der Waals surface area contributed by atoms with Gasteiger partial charge in [0.25, 0.3) is 0 Å². The largest absolute Gasteiger partial charge is 0.330 e. The van der Waals surface area contributed by atoms with Crippen LogP contribution in [0.5, 0.6) is 0 Å². The van der Waals surface area contributed by atoms with E-state index in [1.807, 2.05) is 0 Å². The van der Waals surface area contributed by atoms with E-state index in [0.29, 0.717) is 5.75 Å². The average molecular weight is 219 g/mol. The molecule has 0 amide bonds. The van der Waals surface area contributed by atoms with Crippen LogP contribution in [0.3, 0.4) is 0 Å². The second-order valence-corrected chi connectivity index (χ2v) is 4.39. The lowest BCUT2D eigenvalue weighted by Crippen LogP contribution is -2.12. The van der Waals surface area contributed by atoms with E-state index < -0.39 is 22.4 Å². The molecule has 1 aromatic rings. The van der Waals surface area contributed by atoms with Crippen LogP contribution in [0.25, 0.3) is 0 Å². The van der Waals surface area contributed by atoms with Crippen LogP contribution in [-0.4, -0.2) is 16.5 Å². The maximum atomic E-state index is 13.0. The molecule has 1 unspecified atom stereocenters. The number of rotatable bonds is 4. The van der Waals surface area contributed by atoms with Crippen LogP contribution in [0.2, 0.25) is 0 Å². The second kappa shape index (κ2) is 5.17. The molecule has 0 bridgehead atoms. The summed E-state index contributed by atoms with van der Waals surface area (Å²) in [5.41, 5.74) is 5.33. The number of nitrogens with two attached hydrogens (primary N) is 1. The van der Waals surface area contributed by atoms with Crippen LogP contribution in [0.1, 0.15) is 5.56 Å². The molecule has 0 saturated heterocycles. The Kier molecular flexibility index (Phi) is 4.16. The first-order chi connectivity index (χ1) is 6.63. The Morgan fingerprint density at radius 3 is 2.71 bits per heavy atom. The van der Waals surface area contributed by atoms with Crippen molar-refractivity contribution in [3.05, 3.63) is 35.4 Å². The van der Waals surface area contributed by atoms with Crippen LogP contribution in [0.15, 0.2) is 18.2 Å². The Bertz CT molecular complexity index is 344. The van der Waals surface area contributed by atoms with Gasteiger partial charge in [-0.2, -0.15) is 0 Å². The molecule has 0 aromatic heterocycles. The van der Waals surface area contributed by atoms with Gasteiger partial charge in [-0.3, -0.25) is 4.21 Å². The van der Waals surface area contributed by atoms with Crippen LogP contribution in [0.4, 0.5) is 8.78 Å². The van der Waals surface area contributed by atoms with E-state index in [-0.39, 0.29) is 17.9 Å². The smallest absolute Gasteiger partial charge is 0.127 e. The van der Waals surface area contributed by atoms with Gasteiger partial charge in [-0.15, -0.1) is 0 Å². The lowest BCUT2D eigenvalue weighted by Gasteiger charge is -2.02. The first-order valence-electron chi connectivity index (χ1n) is 4.12. The Hall–Kier alpha value is -0.810. The minimum Gasteiger partial charge on any atom is -0.330 e. The zero-order valence-electron chi connectivity index (χ0n) is 7.50.